The van der Waals surface area contributed by atoms with E-state index in [2.05, 4.69) is 26.6 Å². The summed E-state index contributed by atoms with van der Waals surface area (Å²) in [4.78, 5) is 59.4. The maximum absolute atomic E-state index is 12.4. The van der Waals surface area contributed by atoms with E-state index in [9.17, 15) is 29.1 Å². The normalized spacial score (nSPS) is 12.5. The highest BCUT2D eigenvalue weighted by Crippen LogP contribution is 2.03. The topological polar surface area (TPSA) is 212 Å². The molecule has 2 unspecified atom stereocenters. The van der Waals surface area contributed by atoms with Crippen LogP contribution in [0.5, 0.6) is 0 Å². The van der Waals surface area contributed by atoms with Crippen molar-refractivity contribution in [3.05, 3.63) is 0 Å². The van der Waals surface area contributed by atoms with Crippen molar-refractivity contribution in [2.24, 2.45) is 5.92 Å². The van der Waals surface area contributed by atoms with Gasteiger partial charge in [0.1, 0.15) is 25.3 Å². The van der Waals surface area contributed by atoms with Crippen LogP contribution in [0, 0.1) is 5.92 Å². The van der Waals surface area contributed by atoms with E-state index in [4.69, 9.17) is 23.7 Å². The Labute approximate surface area is 272 Å². The second-order valence-electron chi connectivity index (χ2n) is 11.4. The molecule has 0 radical (unpaired) electrons. The molecule has 6 N–H and O–H groups in total. The van der Waals surface area contributed by atoms with Gasteiger partial charge in [0.05, 0.1) is 45.7 Å². The zero-order chi connectivity index (χ0) is 34.7. The number of carbonyl (C=O) groups is 5. The van der Waals surface area contributed by atoms with Gasteiger partial charge < -0.3 is 55.4 Å². The molecule has 0 aliphatic carbocycles. The van der Waals surface area contributed by atoms with Crippen LogP contribution in [-0.4, -0.2) is 132 Å². The SMILES string of the molecule is CC(C)NCCCCC(NC(=O)COCCOCCNC(=O)COCCOCCNC(=O)C(NC(=O)OC(C)C)C(C)C)C(=O)O. The Morgan fingerprint density at radius 3 is 1.76 bits per heavy atom. The number of alkyl carbamates (subject to hydrolysis) is 1. The van der Waals surface area contributed by atoms with Crippen molar-refractivity contribution in [2.75, 3.05) is 72.5 Å². The summed E-state index contributed by atoms with van der Waals surface area (Å²) in [5.74, 6) is -2.38. The maximum Gasteiger partial charge on any atom is 0.408 e. The van der Waals surface area contributed by atoms with Crippen molar-refractivity contribution in [1.29, 1.82) is 0 Å². The minimum Gasteiger partial charge on any atom is -0.480 e. The number of rotatable bonds is 28. The first kappa shape index (κ1) is 43.0. The fourth-order valence-corrected chi connectivity index (χ4v) is 3.71. The van der Waals surface area contributed by atoms with Gasteiger partial charge in [0, 0.05) is 19.1 Å². The average molecular weight is 664 g/mol. The molecule has 0 fully saturated rings. The quantitative estimate of drug-likeness (QED) is 0.0619. The third-order valence-corrected chi connectivity index (χ3v) is 6.00. The summed E-state index contributed by atoms with van der Waals surface area (Å²) in [6, 6.07) is -1.32. The van der Waals surface area contributed by atoms with Gasteiger partial charge in [-0.15, -0.1) is 0 Å². The lowest BCUT2D eigenvalue weighted by Gasteiger charge is -2.22. The van der Waals surface area contributed by atoms with E-state index in [-0.39, 0.29) is 89.8 Å². The minimum absolute atomic E-state index is 0.134. The van der Waals surface area contributed by atoms with E-state index < -0.39 is 30.1 Å². The van der Waals surface area contributed by atoms with Crippen molar-refractivity contribution in [3.63, 3.8) is 0 Å². The van der Waals surface area contributed by atoms with Gasteiger partial charge in [0.15, 0.2) is 0 Å². The largest absolute Gasteiger partial charge is 0.480 e. The van der Waals surface area contributed by atoms with Crippen molar-refractivity contribution in [2.45, 2.75) is 85.0 Å². The number of unbranched alkanes of at least 4 members (excludes halogenated alkanes) is 1. The van der Waals surface area contributed by atoms with Gasteiger partial charge in [0.25, 0.3) is 0 Å². The third kappa shape index (κ3) is 25.2. The number of nitrogens with one attached hydrogen (secondary N) is 5. The summed E-state index contributed by atoms with van der Waals surface area (Å²) in [5, 5.41) is 23.0. The van der Waals surface area contributed by atoms with Gasteiger partial charge >= 0.3 is 12.1 Å². The molecule has 0 bridgehead atoms. The molecule has 46 heavy (non-hydrogen) atoms. The molecule has 268 valence electrons. The highest BCUT2D eigenvalue weighted by Gasteiger charge is 2.25. The van der Waals surface area contributed by atoms with Gasteiger partial charge in [0.2, 0.25) is 17.7 Å². The van der Waals surface area contributed by atoms with E-state index in [1.54, 1.807) is 13.8 Å². The number of carboxylic acids is 1. The minimum atomic E-state index is -1.08. The molecule has 2 atom stereocenters. The lowest BCUT2D eigenvalue weighted by molar-refractivity contribution is -0.142. The van der Waals surface area contributed by atoms with Crippen LogP contribution in [0.3, 0.4) is 0 Å². The van der Waals surface area contributed by atoms with Crippen LogP contribution in [0.15, 0.2) is 0 Å². The lowest BCUT2D eigenvalue weighted by Crippen LogP contribution is -2.50. The molecular formula is C30H57N5O11. The molecule has 0 aromatic rings. The van der Waals surface area contributed by atoms with Crippen LogP contribution in [-0.2, 0) is 42.9 Å². The van der Waals surface area contributed by atoms with E-state index >= 15 is 0 Å². The van der Waals surface area contributed by atoms with Crippen molar-refractivity contribution < 1.29 is 52.8 Å². The zero-order valence-electron chi connectivity index (χ0n) is 28.3. The summed E-state index contributed by atoms with van der Waals surface area (Å²) in [7, 11) is 0. The smallest absolute Gasteiger partial charge is 0.408 e. The van der Waals surface area contributed by atoms with E-state index in [1.807, 2.05) is 27.7 Å². The van der Waals surface area contributed by atoms with Crippen LogP contribution in [0.25, 0.3) is 0 Å². The Kier molecular flexibility index (Phi) is 25.3. The molecule has 0 spiro atoms. The van der Waals surface area contributed by atoms with Crippen LogP contribution < -0.4 is 26.6 Å². The van der Waals surface area contributed by atoms with Crippen LogP contribution in [0.1, 0.15) is 60.8 Å². The molecule has 0 aromatic carbocycles. The molecule has 4 amide bonds. The third-order valence-electron chi connectivity index (χ3n) is 6.00. The van der Waals surface area contributed by atoms with Gasteiger partial charge in [-0.1, -0.05) is 27.7 Å². The number of amides is 4. The van der Waals surface area contributed by atoms with Crippen LogP contribution in [0.2, 0.25) is 0 Å². The van der Waals surface area contributed by atoms with Gasteiger partial charge in [-0.05, 0) is 45.6 Å². The predicted molar refractivity (Wildman–Crippen MR) is 169 cm³/mol. The Morgan fingerprint density at radius 2 is 1.22 bits per heavy atom. The summed E-state index contributed by atoms with van der Waals surface area (Å²) in [6.45, 7) is 13.2. The van der Waals surface area contributed by atoms with Gasteiger partial charge in [-0.25, -0.2) is 9.59 Å². The monoisotopic (exact) mass is 663 g/mol. The number of hydrogen-bond donors (Lipinski definition) is 6. The number of ether oxygens (including phenoxy) is 5. The first-order valence-electron chi connectivity index (χ1n) is 15.9. The summed E-state index contributed by atoms with van der Waals surface area (Å²) in [5.41, 5.74) is 0. The van der Waals surface area contributed by atoms with E-state index in [0.29, 0.717) is 18.9 Å². The van der Waals surface area contributed by atoms with Crippen molar-refractivity contribution in [1.82, 2.24) is 26.6 Å². The Bertz CT molecular complexity index is 874. The highest BCUT2D eigenvalue weighted by atomic mass is 16.6. The summed E-state index contributed by atoms with van der Waals surface area (Å²) < 4.78 is 26.3. The van der Waals surface area contributed by atoms with E-state index in [0.717, 1.165) is 13.0 Å². The molecule has 0 saturated carbocycles. The molecule has 0 heterocycles. The van der Waals surface area contributed by atoms with E-state index in [1.165, 1.54) is 0 Å². The highest BCUT2D eigenvalue weighted by molar-refractivity contribution is 5.86. The fraction of sp³-hybridized carbons (Fsp3) is 0.833. The van der Waals surface area contributed by atoms with Crippen molar-refractivity contribution >= 4 is 29.8 Å². The summed E-state index contributed by atoms with van der Waals surface area (Å²) >= 11 is 0. The second kappa shape index (κ2) is 27.1. The molecule has 0 aromatic heterocycles. The Balaban J connectivity index is 3.77. The number of hydrogen-bond acceptors (Lipinski definition) is 11. The van der Waals surface area contributed by atoms with Crippen LogP contribution in [0.4, 0.5) is 4.79 Å². The first-order valence-corrected chi connectivity index (χ1v) is 15.9. The molecule has 16 nitrogen and oxygen atoms in total. The first-order chi connectivity index (χ1) is 21.8. The molecule has 0 rings (SSSR count). The van der Waals surface area contributed by atoms with Gasteiger partial charge in [-0.3, -0.25) is 14.4 Å². The Morgan fingerprint density at radius 1 is 0.652 bits per heavy atom. The number of carbonyl (C=O) groups excluding carboxylic acids is 4. The second-order valence-corrected chi connectivity index (χ2v) is 11.4. The maximum atomic E-state index is 12.4. The molecular weight excluding hydrogens is 606 g/mol. The zero-order valence-corrected chi connectivity index (χ0v) is 28.3. The standard InChI is InChI=1S/C30H57N5O11/c1-21(2)27(35-30(41)46-23(5)6)28(38)33-12-14-43-15-17-44-19-25(36)32-11-13-42-16-18-45-20-26(37)34-24(29(39)40)9-7-8-10-31-22(3)4/h21-24,27,31H,7-20H2,1-6H3,(H,32,36)(H,33,38)(H,34,37)(H,35,41)(H,39,40). The predicted octanol–water partition coefficient (Wildman–Crippen LogP) is 0.182. The number of carboxylic acid groups (broad SMARTS) is 1. The van der Waals surface area contributed by atoms with Crippen molar-refractivity contribution in [3.8, 4) is 0 Å². The lowest BCUT2D eigenvalue weighted by atomic mass is 10.0. The fourth-order valence-electron chi connectivity index (χ4n) is 3.71. The number of aliphatic carboxylic acids is 1. The van der Waals surface area contributed by atoms with Crippen LogP contribution >= 0.6 is 0 Å². The molecule has 0 aliphatic rings. The molecule has 0 saturated heterocycles. The Hall–Kier alpha value is -3.05. The molecule has 0 aliphatic heterocycles. The average Bonchev–Trinajstić information content (AvgIpc) is 2.96. The van der Waals surface area contributed by atoms with Gasteiger partial charge in [-0.2, -0.15) is 0 Å². The molecule has 16 heteroatoms. The summed E-state index contributed by atoms with van der Waals surface area (Å²) in [6.07, 6.45) is 0.887.